The summed E-state index contributed by atoms with van der Waals surface area (Å²) in [7, 11) is -7.89. The van der Waals surface area contributed by atoms with Crippen molar-refractivity contribution in [2.75, 3.05) is 21.7 Å². The summed E-state index contributed by atoms with van der Waals surface area (Å²) in [6.45, 7) is 7.44. The number of carbonyl (C=O) groups is 1. The minimum atomic E-state index is -4.06. The van der Waals surface area contributed by atoms with Crippen molar-refractivity contribution in [3.8, 4) is 0 Å². The number of aromatic carboxylic acids is 1. The SMILES string of the molecule is CCN(c1ccc(N(CC(C)C)S(=O)(=O)c2ccccc2)cc1)S(=O)(=O)c1ccc(C)c(C(=O)O)c1. The molecule has 0 aliphatic heterocycles. The monoisotopic (exact) mass is 530 g/mol. The summed E-state index contributed by atoms with van der Waals surface area (Å²) in [6.07, 6.45) is 0. The Labute approximate surface area is 212 Å². The van der Waals surface area contributed by atoms with Gasteiger partial charge in [0.2, 0.25) is 0 Å². The molecule has 0 aliphatic carbocycles. The Morgan fingerprint density at radius 1 is 0.806 bits per heavy atom. The average molecular weight is 531 g/mol. The van der Waals surface area contributed by atoms with Crippen molar-refractivity contribution in [3.05, 3.63) is 83.9 Å². The van der Waals surface area contributed by atoms with E-state index >= 15 is 0 Å². The normalized spacial score (nSPS) is 11.9. The van der Waals surface area contributed by atoms with Crippen LogP contribution in [0.2, 0.25) is 0 Å². The van der Waals surface area contributed by atoms with Crippen LogP contribution in [0.25, 0.3) is 0 Å². The van der Waals surface area contributed by atoms with Crippen LogP contribution < -0.4 is 8.61 Å². The number of nitrogens with zero attached hydrogens (tertiary/aromatic N) is 2. The lowest BCUT2D eigenvalue weighted by molar-refractivity contribution is 0.0696. The van der Waals surface area contributed by atoms with Crippen molar-refractivity contribution in [2.45, 2.75) is 37.5 Å². The van der Waals surface area contributed by atoms with Gasteiger partial charge in [0.25, 0.3) is 20.0 Å². The second-order valence-electron chi connectivity index (χ2n) is 8.71. The van der Waals surface area contributed by atoms with E-state index in [1.807, 2.05) is 13.8 Å². The maximum absolute atomic E-state index is 13.4. The highest BCUT2D eigenvalue weighted by atomic mass is 32.2. The van der Waals surface area contributed by atoms with Gasteiger partial charge in [0.15, 0.2) is 0 Å². The van der Waals surface area contributed by atoms with Gasteiger partial charge in [-0.05, 0) is 73.9 Å². The summed E-state index contributed by atoms with van der Waals surface area (Å²) in [5.74, 6) is -1.16. The molecule has 0 aliphatic rings. The third kappa shape index (κ3) is 5.55. The maximum Gasteiger partial charge on any atom is 0.335 e. The Bertz CT molecular complexity index is 1440. The Kier molecular flexibility index (Phi) is 8.10. The quantitative estimate of drug-likeness (QED) is 0.405. The molecule has 1 N–H and O–H groups in total. The van der Waals surface area contributed by atoms with Crippen LogP contribution in [0.3, 0.4) is 0 Å². The topological polar surface area (TPSA) is 112 Å². The van der Waals surface area contributed by atoms with Gasteiger partial charge >= 0.3 is 5.97 Å². The summed E-state index contributed by atoms with van der Waals surface area (Å²) < 4.78 is 56.0. The fraction of sp³-hybridized carbons (Fsp3) is 0.269. The van der Waals surface area contributed by atoms with Crippen molar-refractivity contribution in [3.63, 3.8) is 0 Å². The van der Waals surface area contributed by atoms with Gasteiger partial charge < -0.3 is 5.11 Å². The highest BCUT2D eigenvalue weighted by molar-refractivity contribution is 7.93. The third-order valence-corrected chi connectivity index (χ3v) is 9.31. The molecule has 0 saturated heterocycles. The predicted octanol–water partition coefficient (Wildman–Crippen LogP) is 4.76. The Morgan fingerprint density at radius 2 is 1.33 bits per heavy atom. The molecule has 8 nitrogen and oxygen atoms in total. The fourth-order valence-corrected chi connectivity index (χ4v) is 6.94. The smallest absolute Gasteiger partial charge is 0.335 e. The van der Waals surface area contributed by atoms with Gasteiger partial charge in [-0.15, -0.1) is 0 Å². The lowest BCUT2D eigenvalue weighted by Crippen LogP contribution is -2.34. The first kappa shape index (κ1) is 27.2. The van der Waals surface area contributed by atoms with Crippen molar-refractivity contribution in [1.29, 1.82) is 0 Å². The number of anilines is 2. The fourth-order valence-electron chi connectivity index (χ4n) is 3.79. The van der Waals surface area contributed by atoms with Gasteiger partial charge in [-0.3, -0.25) is 8.61 Å². The molecule has 10 heteroatoms. The van der Waals surface area contributed by atoms with Gasteiger partial charge in [0.05, 0.1) is 26.7 Å². The van der Waals surface area contributed by atoms with Crippen molar-refractivity contribution >= 4 is 37.4 Å². The summed E-state index contributed by atoms with van der Waals surface area (Å²) in [4.78, 5) is 11.5. The van der Waals surface area contributed by atoms with Crippen molar-refractivity contribution in [1.82, 2.24) is 0 Å². The third-order valence-electron chi connectivity index (χ3n) is 5.60. The van der Waals surface area contributed by atoms with Crippen LogP contribution in [-0.2, 0) is 20.0 Å². The van der Waals surface area contributed by atoms with Crippen LogP contribution in [0.1, 0.15) is 36.7 Å². The molecule has 0 atom stereocenters. The standard InChI is InChI=1S/C26H30N2O6S2/c1-5-27(36(33,34)24-16-11-20(4)25(17-24)26(29)30)21-12-14-22(15-13-21)28(18-19(2)3)35(31,32)23-9-7-6-8-10-23/h6-17,19H,5,18H2,1-4H3,(H,29,30). The zero-order valence-corrected chi connectivity index (χ0v) is 22.3. The minimum absolute atomic E-state index is 0.0423. The number of hydrogen-bond acceptors (Lipinski definition) is 5. The number of benzene rings is 3. The van der Waals surface area contributed by atoms with E-state index in [0.29, 0.717) is 16.9 Å². The second-order valence-corrected chi connectivity index (χ2v) is 12.4. The molecule has 0 spiro atoms. The number of rotatable bonds is 10. The molecule has 3 aromatic carbocycles. The first-order valence-corrected chi connectivity index (χ1v) is 14.3. The summed E-state index contributed by atoms with van der Waals surface area (Å²) >= 11 is 0. The molecule has 0 aromatic heterocycles. The molecular formula is C26H30N2O6S2. The minimum Gasteiger partial charge on any atom is -0.478 e. The molecule has 3 aromatic rings. The van der Waals surface area contributed by atoms with Crippen LogP contribution in [0.15, 0.2) is 82.6 Å². The zero-order chi connectivity index (χ0) is 26.7. The molecule has 0 heterocycles. The van der Waals surface area contributed by atoms with E-state index in [1.165, 1.54) is 28.6 Å². The van der Waals surface area contributed by atoms with Crippen LogP contribution in [-0.4, -0.2) is 41.0 Å². The second kappa shape index (κ2) is 10.7. The molecule has 0 unspecified atom stereocenters. The Morgan fingerprint density at radius 3 is 1.83 bits per heavy atom. The molecular weight excluding hydrogens is 500 g/mol. The largest absolute Gasteiger partial charge is 0.478 e. The van der Waals surface area contributed by atoms with Gasteiger partial charge in [0.1, 0.15) is 0 Å². The van der Waals surface area contributed by atoms with Crippen LogP contribution in [0.5, 0.6) is 0 Å². The molecule has 0 fully saturated rings. The highest BCUT2D eigenvalue weighted by Crippen LogP contribution is 2.30. The van der Waals surface area contributed by atoms with Gasteiger partial charge in [-0.1, -0.05) is 38.1 Å². The lowest BCUT2D eigenvalue weighted by atomic mass is 10.1. The van der Waals surface area contributed by atoms with E-state index in [9.17, 15) is 26.7 Å². The van der Waals surface area contributed by atoms with E-state index in [-0.39, 0.29) is 34.4 Å². The van der Waals surface area contributed by atoms with Crippen molar-refractivity contribution < 1.29 is 26.7 Å². The molecule has 192 valence electrons. The highest BCUT2D eigenvalue weighted by Gasteiger charge is 2.28. The number of sulfonamides is 2. The van der Waals surface area contributed by atoms with Crippen LogP contribution >= 0.6 is 0 Å². The number of carboxylic acid groups (broad SMARTS) is 1. The first-order valence-electron chi connectivity index (χ1n) is 11.4. The van der Waals surface area contributed by atoms with E-state index in [1.54, 1.807) is 56.3 Å². The molecule has 0 bridgehead atoms. The van der Waals surface area contributed by atoms with E-state index in [0.717, 1.165) is 10.4 Å². The van der Waals surface area contributed by atoms with Gasteiger partial charge in [-0.25, -0.2) is 21.6 Å². The number of aryl methyl sites for hydroxylation is 1. The summed E-state index contributed by atoms with van der Waals surface area (Å²) in [5, 5.41) is 9.40. The van der Waals surface area contributed by atoms with Crippen LogP contribution in [0, 0.1) is 12.8 Å². The van der Waals surface area contributed by atoms with Crippen molar-refractivity contribution in [2.24, 2.45) is 5.92 Å². The van der Waals surface area contributed by atoms with Gasteiger partial charge in [0, 0.05) is 13.1 Å². The Balaban J connectivity index is 2.01. The lowest BCUT2D eigenvalue weighted by Gasteiger charge is -2.28. The molecule has 3 rings (SSSR count). The number of carboxylic acids is 1. The predicted molar refractivity (Wildman–Crippen MR) is 141 cm³/mol. The summed E-state index contributed by atoms with van der Waals surface area (Å²) in [6, 6.07) is 18.4. The average Bonchev–Trinajstić information content (AvgIpc) is 2.83. The molecule has 36 heavy (non-hydrogen) atoms. The van der Waals surface area contributed by atoms with E-state index in [2.05, 4.69) is 0 Å². The maximum atomic E-state index is 13.4. The van der Waals surface area contributed by atoms with Gasteiger partial charge in [-0.2, -0.15) is 0 Å². The van der Waals surface area contributed by atoms with E-state index in [4.69, 9.17) is 0 Å². The first-order chi connectivity index (χ1) is 16.9. The molecule has 0 amide bonds. The van der Waals surface area contributed by atoms with Crippen LogP contribution in [0.4, 0.5) is 11.4 Å². The zero-order valence-electron chi connectivity index (χ0n) is 20.6. The summed E-state index contributed by atoms with van der Waals surface area (Å²) in [5.41, 5.74) is 1.12. The molecule has 0 saturated carbocycles. The number of hydrogen-bond donors (Lipinski definition) is 1. The Hall–Kier alpha value is -3.37. The molecule has 0 radical (unpaired) electrons. The van der Waals surface area contributed by atoms with E-state index < -0.39 is 26.0 Å².